The Bertz CT molecular complexity index is 373. The summed E-state index contributed by atoms with van der Waals surface area (Å²) in [5, 5.41) is 2.39. The quantitative estimate of drug-likeness (QED) is 0.832. The van der Waals surface area contributed by atoms with Crippen molar-refractivity contribution in [3.8, 4) is 0 Å². The largest absolute Gasteiger partial charge is 0.449 e. The normalized spacial score (nSPS) is 13.6. The maximum atomic E-state index is 12.1. The molecule has 0 aliphatic carbocycles. The minimum atomic E-state index is -4.59. The molecule has 4 nitrogen and oxygen atoms in total. The number of hydrogen-bond acceptors (Lipinski definition) is 3. The summed E-state index contributed by atoms with van der Waals surface area (Å²) in [6.07, 6.45) is -4.59. The first kappa shape index (κ1) is 12.6. The summed E-state index contributed by atoms with van der Waals surface area (Å²) in [4.78, 5) is 11.3. The summed E-state index contributed by atoms with van der Waals surface area (Å²) < 4.78 is 40.8. The first-order chi connectivity index (χ1) is 7.34. The number of nitrogens with two attached hydrogens (primary N) is 1. The highest BCUT2D eigenvalue weighted by atomic mass is 19.4. The molecule has 1 aromatic heterocycles. The van der Waals surface area contributed by atoms with Crippen LogP contribution in [0.1, 0.15) is 23.2 Å². The second kappa shape index (κ2) is 4.56. The van der Waals surface area contributed by atoms with Crippen molar-refractivity contribution in [3.05, 3.63) is 23.7 Å². The first-order valence-electron chi connectivity index (χ1n) is 4.52. The number of carbonyl (C=O) groups is 1. The second-order valence-electron chi connectivity index (χ2n) is 3.27. The Labute approximate surface area is 89.6 Å². The third kappa shape index (κ3) is 2.99. The molecular formula is C9H11F3N2O2. The van der Waals surface area contributed by atoms with E-state index in [0.29, 0.717) is 6.07 Å². The molecule has 1 heterocycles. The fraction of sp³-hybridized carbons (Fsp3) is 0.444. The van der Waals surface area contributed by atoms with Gasteiger partial charge in [-0.1, -0.05) is 0 Å². The third-order valence-corrected chi connectivity index (χ3v) is 1.84. The number of nitrogens with one attached hydrogen (secondary N) is 1. The van der Waals surface area contributed by atoms with Crippen molar-refractivity contribution in [1.29, 1.82) is 0 Å². The zero-order chi connectivity index (χ0) is 12.3. The van der Waals surface area contributed by atoms with Gasteiger partial charge in [0.15, 0.2) is 5.76 Å². The van der Waals surface area contributed by atoms with Gasteiger partial charge in [-0.05, 0) is 19.1 Å². The van der Waals surface area contributed by atoms with Crippen LogP contribution in [0.4, 0.5) is 13.2 Å². The third-order valence-electron chi connectivity index (χ3n) is 1.84. The molecule has 7 heteroatoms. The van der Waals surface area contributed by atoms with Crippen molar-refractivity contribution < 1.29 is 22.4 Å². The zero-order valence-electron chi connectivity index (χ0n) is 8.47. The predicted molar refractivity (Wildman–Crippen MR) is 49.7 cm³/mol. The van der Waals surface area contributed by atoms with Crippen LogP contribution in [-0.2, 0) is 6.18 Å². The Kier molecular flexibility index (Phi) is 3.58. The average molecular weight is 236 g/mol. The highest BCUT2D eigenvalue weighted by Gasteiger charge is 2.35. The molecule has 3 N–H and O–H groups in total. The highest BCUT2D eigenvalue weighted by molar-refractivity contribution is 5.91. The lowest BCUT2D eigenvalue weighted by molar-refractivity contribution is -0.153. The van der Waals surface area contributed by atoms with Crippen molar-refractivity contribution in [3.63, 3.8) is 0 Å². The Balaban J connectivity index is 2.75. The van der Waals surface area contributed by atoms with Crippen molar-refractivity contribution in [2.75, 3.05) is 6.54 Å². The molecule has 90 valence electrons. The SMILES string of the molecule is CC(CN)NC(=O)c1ccc(C(F)(F)F)o1. The number of furan rings is 1. The number of hydrogen-bond donors (Lipinski definition) is 2. The molecule has 16 heavy (non-hydrogen) atoms. The van der Waals surface area contributed by atoms with Crippen LogP contribution >= 0.6 is 0 Å². The van der Waals surface area contributed by atoms with Crippen LogP contribution in [0.3, 0.4) is 0 Å². The van der Waals surface area contributed by atoms with E-state index in [1.807, 2.05) is 0 Å². The van der Waals surface area contributed by atoms with E-state index in [1.54, 1.807) is 6.92 Å². The van der Waals surface area contributed by atoms with Gasteiger partial charge in [0.25, 0.3) is 5.91 Å². The van der Waals surface area contributed by atoms with E-state index in [1.165, 1.54) is 0 Å². The molecule has 0 bridgehead atoms. The number of halogens is 3. The van der Waals surface area contributed by atoms with Gasteiger partial charge in [-0.15, -0.1) is 0 Å². The molecule has 0 saturated heterocycles. The van der Waals surface area contributed by atoms with E-state index in [9.17, 15) is 18.0 Å². The van der Waals surface area contributed by atoms with E-state index in [4.69, 9.17) is 5.73 Å². The lowest BCUT2D eigenvalue weighted by Gasteiger charge is -2.09. The molecule has 1 atom stereocenters. The van der Waals surface area contributed by atoms with Crippen LogP contribution in [-0.4, -0.2) is 18.5 Å². The van der Waals surface area contributed by atoms with Crippen LogP contribution in [0.5, 0.6) is 0 Å². The summed E-state index contributed by atoms with van der Waals surface area (Å²) >= 11 is 0. The van der Waals surface area contributed by atoms with E-state index in [-0.39, 0.29) is 18.3 Å². The number of amides is 1. The molecule has 0 fully saturated rings. The molecular weight excluding hydrogens is 225 g/mol. The minimum Gasteiger partial charge on any atom is -0.446 e. The summed E-state index contributed by atoms with van der Waals surface area (Å²) in [6, 6.07) is 1.36. The van der Waals surface area contributed by atoms with E-state index in [2.05, 4.69) is 9.73 Å². The van der Waals surface area contributed by atoms with Gasteiger partial charge in [-0.25, -0.2) is 0 Å². The van der Waals surface area contributed by atoms with Crippen LogP contribution in [0.2, 0.25) is 0 Å². The standard InChI is InChI=1S/C9H11F3N2O2/c1-5(4-13)14-8(15)6-2-3-7(16-6)9(10,11)12/h2-3,5H,4,13H2,1H3,(H,14,15). The fourth-order valence-corrected chi connectivity index (χ4v) is 0.966. The summed E-state index contributed by atoms with van der Waals surface area (Å²) in [5.41, 5.74) is 5.25. The molecule has 0 radical (unpaired) electrons. The Hall–Kier alpha value is -1.50. The zero-order valence-corrected chi connectivity index (χ0v) is 8.47. The van der Waals surface area contributed by atoms with Gasteiger partial charge in [0, 0.05) is 12.6 Å². The maximum absolute atomic E-state index is 12.1. The Morgan fingerprint density at radius 1 is 1.56 bits per heavy atom. The average Bonchev–Trinajstić information content (AvgIpc) is 2.65. The predicted octanol–water partition coefficient (Wildman–Crippen LogP) is 1.38. The van der Waals surface area contributed by atoms with E-state index < -0.39 is 17.8 Å². The van der Waals surface area contributed by atoms with Gasteiger partial charge >= 0.3 is 6.18 Å². The van der Waals surface area contributed by atoms with Gasteiger partial charge in [0.1, 0.15) is 0 Å². The summed E-state index contributed by atoms with van der Waals surface area (Å²) in [5.74, 6) is -2.29. The smallest absolute Gasteiger partial charge is 0.446 e. The maximum Gasteiger partial charge on any atom is 0.449 e. The Morgan fingerprint density at radius 2 is 2.19 bits per heavy atom. The van der Waals surface area contributed by atoms with Crippen molar-refractivity contribution in [1.82, 2.24) is 5.32 Å². The molecule has 0 saturated carbocycles. The molecule has 1 aromatic rings. The van der Waals surface area contributed by atoms with E-state index in [0.717, 1.165) is 6.07 Å². The first-order valence-corrected chi connectivity index (χ1v) is 4.52. The number of alkyl halides is 3. The molecule has 1 rings (SSSR count). The molecule has 1 amide bonds. The molecule has 0 aromatic carbocycles. The monoisotopic (exact) mass is 236 g/mol. The summed E-state index contributed by atoms with van der Waals surface area (Å²) in [7, 11) is 0. The fourth-order valence-electron chi connectivity index (χ4n) is 0.966. The molecule has 1 unspecified atom stereocenters. The van der Waals surface area contributed by atoms with Crippen molar-refractivity contribution in [2.24, 2.45) is 5.73 Å². The van der Waals surface area contributed by atoms with Crippen LogP contribution in [0.15, 0.2) is 16.5 Å². The summed E-state index contributed by atoms with van der Waals surface area (Å²) in [6.45, 7) is 1.82. The minimum absolute atomic E-state index is 0.193. The molecule has 0 aliphatic rings. The lowest BCUT2D eigenvalue weighted by Crippen LogP contribution is -2.37. The van der Waals surface area contributed by atoms with Crippen LogP contribution in [0, 0.1) is 0 Å². The van der Waals surface area contributed by atoms with Gasteiger partial charge < -0.3 is 15.5 Å². The van der Waals surface area contributed by atoms with Gasteiger partial charge in [0.2, 0.25) is 5.76 Å². The second-order valence-corrected chi connectivity index (χ2v) is 3.27. The van der Waals surface area contributed by atoms with Crippen LogP contribution < -0.4 is 11.1 Å². The lowest BCUT2D eigenvalue weighted by atomic mass is 10.3. The van der Waals surface area contributed by atoms with E-state index >= 15 is 0 Å². The van der Waals surface area contributed by atoms with Gasteiger partial charge in [0.05, 0.1) is 0 Å². The van der Waals surface area contributed by atoms with Gasteiger partial charge in [-0.3, -0.25) is 4.79 Å². The molecule has 0 spiro atoms. The Morgan fingerprint density at radius 3 is 2.62 bits per heavy atom. The molecule has 0 aliphatic heterocycles. The van der Waals surface area contributed by atoms with Crippen LogP contribution in [0.25, 0.3) is 0 Å². The van der Waals surface area contributed by atoms with Gasteiger partial charge in [-0.2, -0.15) is 13.2 Å². The number of carbonyl (C=O) groups excluding carboxylic acids is 1. The number of rotatable bonds is 3. The van der Waals surface area contributed by atoms with Crippen molar-refractivity contribution in [2.45, 2.75) is 19.1 Å². The highest BCUT2D eigenvalue weighted by Crippen LogP contribution is 2.30. The van der Waals surface area contributed by atoms with Crippen molar-refractivity contribution >= 4 is 5.91 Å². The topological polar surface area (TPSA) is 68.3 Å².